The normalized spacial score (nSPS) is 27.8. The summed E-state index contributed by atoms with van der Waals surface area (Å²) in [6.45, 7) is 0.255. The van der Waals surface area contributed by atoms with Gasteiger partial charge in [-0.15, -0.1) is 0 Å². The molecule has 1 N–H and O–H groups in total. The van der Waals surface area contributed by atoms with Gasteiger partial charge in [-0.3, -0.25) is 24.6 Å². The van der Waals surface area contributed by atoms with Gasteiger partial charge in [0.25, 0.3) is 10.9 Å². The molecule has 2 aliphatic carbocycles. The lowest BCUT2D eigenvalue weighted by atomic mass is 9.85. The predicted octanol–water partition coefficient (Wildman–Crippen LogP) is 2.12. The largest absolute Gasteiger partial charge is 0.469 e. The SMILES string of the molecule is O=C1[C@@H]2[C@H](C(=O)N1CCOC(=S)Nc1ccc([N+](=O)[O-])cc1)[C@@H]1C=C[C@H]2C1. The van der Waals surface area contributed by atoms with E-state index in [4.69, 9.17) is 17.0 Å². The van der Waals surface area contributed by atoms with Crippen LogP contribution in [0.3, 0.4) is 0 Å². The van der Waals surface area contributed by atoms with E-state index < -0.39 is 4.92 Å². The average Bonchev–Trinajstić information content (AvgIpc) is 3.31. The van der Waals surface area contributed by atoms with Gasteiger partial charge in [0.15, 0.2) is 0 Å². The summed E-state index contributed by atoms with van der Waals surface area (Å²) in [6.07, 6.45) is 5.01. The summed E-state index contributed by atoms with van der Waals surface area (Å²) in [5.41, 5.74) is 0.531. The van der Waals surface area contributed by atoms with Gasteiger partial charge in [-0.25, -0.2) is 0 Å². The summed E-state index contributed by atoms with van der Waals surface area (Å²) in [7, 11) is 0. The van der Waals surface area contributed by atoms with Crippen LogP contribution in [0.5, 0.6) is 0 Å². The number of nitro benzene ring substituents is 1. The number of nitrogens with one attached hydrogen (secondary N) is 1. The molecule has 9 heteroatoms. The van der Waals surface area contributed by atoms with E-state index in [9.17, 15) is 19.7 Å². The average molecular weight is 387 g/mol. The van der Waals surface area contributed by atoms with Gasteiger partial charge >= 0.3 is 0 Å². The fraction of sp³-hybridized carbons (Fsp3) is 0.389. The van der Waals surface area contributed by atoms with E-state index in [2.05, 4.69) is 17.5 Å². The molecule has 27 heavy (non-hydrogen) atoms. The van der Waals surface area contributed by atoms with E-state index in [1.807, 2.05) is 0 Å². The first-order chi connectivity index (χ1) is 13.0. The van der Waals surface area contributed by atoms with Crippen molar-refractivity contribution in [3.8, 4) is 0 Å². The molecule has 140 valence electrons. The smallest absolute Gasteiger partial charge is 0.269 e. The minimum Gasteiger partial charge on any atom is -0.469 e. The zero-order chi connectivity index (χ0) is 19.1. The first-order valence-electron chi connectivity index (χ1n) is 8.67. The van der Waals surface area contributed by atoms with Crippen molar-refractivity contribution < 1.29 is 19.2 Å². The number of thiocarbonyl (C=S) groups is 1. The van der Waals surface area contributed by atoms with Crippen LogP contribution in [-0.2, 0) is 14.3 Å². The Balaban J connectivity index is 1.27. The van der Waals surface area contributed by atoms with Gasteiger partial charge in [0.05, 0.1) is 23.3 Å². The van der Waals surface area contributed by atoms with Crippen LogP contribution in [0.1, 0.15) is 6.42 Å². The summed E-state index contributed by atoms with van der Waals surface area (Å²) < 4.78 is 5.40. The molecule has 4 rings (SSSR count). The third kappa shape index (κ3) is 3.08. The molecule has 1 heterocycles. The molecular formula is C18H17N3O5S. The summed E-state index contributed by atoms with van der Waals surface area (Å²) in [5.74, 6) is -0.269. The van der Waals surface area contributed by atoms with E-state index in [1.165, 1.54) is 29.2 Å². The fourth-order valence-corrected chi connectivity index (χ4v) is 4.44. The molecule has 0 radical (unpaired) electrons. The summed E-state index contributed by atoms with van der Waals surface area (Å²) in [4.78, 5) is 36.5. The van der Waals surface area contributed by atoms with Crippen LogP contribution in [0.2, 0.25) is 0 Å². The van der Waals surface area contributed by atoms with Crippen LogP contribution < -0.4 is 5.32 Å². The highest BCUT2D eigenvalue weighted by molar-refractivity contribution is 7.80. The zero-order valence-corrected chi connectivity index (χ0v) is 15.1. The number of rotatable bonds is 5. The molecule has 2 bridgehead atoms. The molecule has 1 saturated heterocycles. The third-order valence-electron chi connectivity index (χ3n) is 5.43. The van der Waals surface area contributed by atoms with E-state index >= 15 is 0 Å². The Hall–Kier alpha value is -2.81. The van der Waals surface area contributed by atoms with Crippen molar-refractivity contribution in [2.24, 2.45) is 23.7 Å². The number of carbonyl (C=O) groups excluding carboxylic acids is 2. The maximum Gasteiger partial charge on any atom is 0.269 e. The summed E-state index contributed by atoms with van der Waals surface area (Å²) >= 11 is 5.08. The maximum absolute atomic E-state index is 12.6. The minimum absolute atomic E-state index is 0.0209. The fourth-order valence-electron chi connectivity index (χ4n) is 4.23. The Bertz CT molecular complexity index is 823. The van der Waals surface area contributed by atoms with Gasteiger partial charge in [0, 0.05) is 17.8 Å². The Kier molecular flexibility index (Phi) is 4.39. The highest BCUT2D eigenvalue weighted by Gasteiger charge is 2.59. The number of non-ortho nitro benzene ring substituents is 1. The first-order valence-corrected chi connectivity index (χ1v) is 9.08. The second kappa shape index (κ2) is 6.73. The second-order valence-corrected chi connectivity index (χ2v) is 7.26. The molecule has 0 spiro atoms. The van der Waals surface area contributed by atoms with Crippen molar-refractivity contribution in [1.82, 2.24) is 4.90 Å². The maximum atomic E-state index is 12.6. The number of allylic oxidation sites excluding steroid dienone is 2. The summed E-state index contributed by atoms with van der Waals surface area (Å²) in [5, 5.41) is 13.5. The van der Waals surface area contributed by atoms with Crippen LogP contribution in [0.15, 0.2) is 36.4 Å². The molecular weight excluding hydrogens is 370 g/mol. The van der Waals surface area contributed by atoms with E-state index in [0.717, 1.165) is 6.42 Å². The number of nitrogens with zero attached hydrogens (tertiary/aromatic N) is 2. The number of fused-ring (bicyclic) bond motifs is 5. The van der Waals surface area contributed by atoms with Crippen molar-refractivity contribution in [2.75, 3.05) is 18.5 Å². The lowest BCUT2D eigenvalue weighted by molar-refractivity contribution is -0.384. The Morgan fingerprint density at radius 2 is 1.78 bits per heavy atom. The number of benzene rings is 1. The van der Waals surface area contributed by atoms with Crippen molar-refractivity contribution >= 4 is 40.6 Å². The van der Waals surface area contributed by atoms with Crippen LogP contribution >= 0.6 is 12.2 Å². The van der Waals surface area contributed by atoms with Crippen molar-refractivity contribution in [3.05, 3.63) is 46.5 Å². The van der Waals surface area contributed by atoms with E-state index in [1.54, 1.807) is 0 Å². The molecule has 3 aliphatic rings. The molecule has 1 aromatic rings. The third-order valence-corrected chi connectivity index (χ3v) is 5.65. The zero-order valence-electron chi connectivity index (χ0n) is 14.2. The Morgan fingerprint density at radius 3 is 2.33 bits per heavy atom. The number of hydrogen-bond acceptors (Lipinski definition) is 6. The van der Waals surface area contributed by atoms with E-state index in [-0.39, 0.29) is 59.5 Å². The standard InChI is InChI=1S/C18H17N3O5S/c22-16-14-10-1-2-11(9-10)15(14)17(23)20(16)7-8-26-18(27)19-12-3-5-13(6-4-12)21(24)25/h1-6,10-11,14-15H,7-9H2,(H,19,27)/t10-,11+,14-,15+. The van der Waals surface area contributed by atoms with Crippen molar-refractivity contribution in [1.29, 1.82) is 0 Å². The topological polar surface area (TPSA) is 102 Å². The molecule has 8 nitrogen and oxygen atoms in total. The van der Waals surface area contributed by atoms with Crippen LogP contribution in [0, 0.1) is 33.8 Å². The lowest BCUT2D eigenvalue weighted by Crippen LogP contribution is -2.36. The minimum atomic E-state index is -0.486. The first kappa shape index (κ1) is 17.6. The molecule has 2 amide bonds. The highest BCUT2D eigenvalue weighted by Crippen LogP contribution is 2.52. The highest BCUT2D eigenvalue weighted by atomic mass is 32.1. The molecule has 0 unspecified atom stereocenters. The number of nitro groups is 1. The number of hydrogen-bond donors (Lipinski definition) is 1. The molecule has 0 aromatic heterocycles. The Morgan fingerprint density at radius 1 is 1.19 bits per heavy atom. The van der Waals surface area contributed by atoms with Gasteiger partial charge in [-0.05, 0) is 42.6 Å². The Labute approximate surface area is 160 Å². The van der Waals surface area contributed by atoms with Crippen molar-refractivity contribution in [2.45, 2.75) is 6.42 Å². The van der Waals surface area contributed by atoms with Gasteiger partial charge < -0.3 is 10.1 Å². The van der Waals surface area contributed by atoms with Gasteiger partial charge in [-0.2, -0.15) is 0 Å². The monoisotopic (exact) mass is 387 g/mol. The molecule has 1 aromatic carbocycles. The molecule has 4 atom stereocenters. The second-order valence-electron chi connectivity index (χ2n) is 6.89. The van der Waals surface area contributed by atoms with Crippen LogP contribution in [0.25, 0.3) is 0 Å². The number of imide groups is 1. The summed E-state index contributed by atoms with van der Waals surface area (Å²) in [6, 6.07) is 5.75. The number of likely N-dealkylation sites (tertiary alicyclic amines) is 1. The van der Waals surface area contributed by atoms with Crippen molar-refractivity contribution in [3.63, 3.8) is 0 Å². The lowest BCUT2D eigenvalue weighted by Gasteiger charge is -2.17. The van der Waals surface area contributed by atoms with Crippen LogP contribution in [0.4, 0.5) is 11.4 Å². The number of carbonyl (C=O) groups is 2. The van der Waals surface area contributed by atoms with Gasteiger partial charge in [-0.1, -0.05) is 12.2 Å². The number of amides is 2. The van der Waals surface area contributed by atoms with Crippen LogP contribution in [-0.4, -0.2) is 40.0 Å². The number of anilines is 1. The van der Waals surface area contributed by atoms with Gasteiger partial charge in [0.1, 0.15) is 6.61 Å². The number of ether oxygens (including phenoxy) is 1. The molecule has 1 aliphatic heterocycles. The molecule has 1 saturated carbocycles. The molecule has 2 fully saturated rings. The quantitative estimate of drug-likeness (QED) is 0.271. The van der Waals surface area contributed by atoms with Gasteiger partial charge in [0.2, 0.25) is 11.8 Å². The van der Waals surface area contributed by atoms with E-state index in [0.29, 0.717) is 5.69 Å². The predicted molar refractivity (Wildman–Crippen MR) is 99.7 cm³/mol.